The molecule has 1 N–H and O–H groups in total. The minimum absolute atomic E-state index is 0.207. The number of hydrogen-bond donors (Lipinski definition) is 1. The Kier molecular flexibility index (Phi) is 4.29. The smallest absolute Gasteiger partial charge is 0.191 e. The van der Waals surface area contributed by atoms with Crippen LogP contribution in [0, 0.1) is 6.57 Å². The van der Waals surface area contributed by atoms with Gasteiger partial charge in [0.15, 0.2) is 5.69 Å². The molecule has 1 unspecified atom stereocenters. The third kappa shape index (κ3) is 3.31. The zero-order valence-corrected chi connectivity index (χ0v) is 14.2. The van der Waals surface area contributed by atoms with Gasteiger partial charge in [-0.1, -0.05) is 0 Å². The molecule has 128 valence electrons. The van der Waals surface area contributed by atoms with Crippen LogP contribution in [0.4, 0.5) is 5.69 Å². The molecule has 0 radical (unpaired) electrons. The van der Waals surface area contributed by atoms with E-state index in [0.717, 1.165) is 29.8 Å². The molecule has 1 aromatic carbocycles. The van der Waals surface area contributed by atoms with E-state index in [1.807, 2.05) is 30.3 Å². The zero-order chi connectivity index (χ0) is 17.2. The van der Waals surface area contributed by atoms with Gasteiger partial charge in [0.2, 0.25) is 0 Å². The van der Waals surface area contributed by atoms with Gasteiger partial charge in [-0.2, -0.15) is 0 Å². The van der Waals surface area contributed by atoms with Gasteiger partial charge in [-0.15, -0.1) is 0 Å². The predicted octanol–water partition coefficient (Wildman–Crippen LogP) is 3.97. The number of benzene rings is 1. The Labute approximate surface area is 147 Å². The first-order chi connectivity index (χ1) is 12.2. The summed E-state index contributed by atoms with van der Waals surface area (Å²) in [5, 5.41) is 3.63. The maximum atomic E-state index is 7.40. The summed E-state index contributed by atoms with van der Waals surface area (Å²) in [5.74, 6) is 1.43. The molecular formula is C20H21N3O2. The molecule has 2 saturated heterocycles. The van der Waals surface area contributed by atoms with Crippen LogP contribution >= 0.6 is 0 Å². The normalized spacial score (nSPS) is 24.6. The predicted molar refractivity (Wildman–Crippen MR) is 96.1 cm³/mol. The fraction of sp³-hybridized carbons (Fsp3) is 0.400. The van der Waals surface area contributed by atoms with E-state index >= 15 is 0 Å². The Morgan fingerprint density at radius 3 is 2.72 bits per heavy atom. The Morgan fingerprint density at radius 1 is 1.20 bits per heavy atom. The maximum absolute atomic E-state index is 7.40. The number of methoxy groups -OCH3 is 1. The number of aromatic nitrogens is 1. The fourth-order valence-electron chi connectivity index (χ4n) is 3.92. The van der Waals surface area contributed by atoms with Crippen molar-refractivity contribution in [2.24, 2.45) is 0 Å². The molecule has 5 heteroatoms. The number of fused-ring (bicyclic) bond motifs is 2. The van der Waals surface area contributed by atoms with Crippen LogP contribution in [0.5, 0.6) is 11.5 Å². The largest absolute Gasteiger partial charge is 0.494 e. The van der Waals surface area contributed by atoms with Crippen molar-refractivity contribution in [1.82, 2.24) is 10.3 Å². The minimum atomic E-state index is 0.207. The van der Waals surface area contributed by atoms with E-state index in [1.165, 1.54) is 12.8 Å². The van der Waals surface area contributed by atoms with Gasteiger partial charge in [-0.3, -0.25) is 4.98 Å². The molecule has 25 heavy (non-hydrogen) atoms. The molecule has 4 rings (SSSR count). The maximum Gasteiger partial charge on any atom is 0.191 e. The van der Waals surface area contributed by atoms with Crippen molar-refractivity contribution in [3.63, 3.8) is 0 Å². The summed E-state index contributed by atoms with van der Waals surface area (Å²) in [5.41, 5.74) is 2.13. The molecule has 2 aromatic rings. The van der Waals surface area contributed by atoms with Gasteiger partial charge in [-0.05, 0) is 61.6 Å². The average molecular weight is 335 g/mol. The van der Waals surface area contributed by atoms with Crippen molar-refractivity contribution in [2.75, 3.05) is 7.11 Å². The summed E-state index contributed by atoms with van der Waals surface area (Å²) in [4.78, 5) is 8.02. The first-order valence-corrected chi connectivity index (χ1v) is 8.70. The Hall–Kier alpha value is -2.58. The lowest BCUT2D eigenvalue weighted by Gasteiger charge is -2.29. The second-order valence-corrected chi connectivity index (χ2v) is 6.73. The number of hydrogen-bond acceptors (Lipinski definition) is 4. The average Bonchev–Trinajstić information content (AvgIpc) is 2.99. The molecule has 2 bridgehead atoms. The molecule has 1 aromatic heterocycles. The highest BCUT2D eigenvalue weighted by Crippen LogP contribution is 2.36. The van der Waals surface area contributed by atoms with Crippen molar-refractivity contribution in [2.45, 2.75) is 43.9 Å². The van der Waals surface area contributed by atoms with Crippen LogP contribution in [0.15, 0.2) is 36.5 Å². The molecule has 0 amide bonds. The monoisotopic (exact) mass is 335 g/mol. The highest BCUT2D eigenvalue weighted by atomic mass is 16.5. The Bertz CT molecular complexity index is 803. The molecular weight excluding hydrogens is 314 g/mol. The van der Waals surface area contributed by atoms with E-state index in [-0.39, 0.29) is 6.10 Å². The highest BCUT2D eigenvalue weighted by Gasteiger charge is 2.34. The van der Waals surface area contributed by atoms with Crippen molar-refractivity contribution in [1.29, 1.82) is 0 Å². The fourth-order valence-corrected chi connectivity index (χ4v) is 3.92. The van der Waals surface area contributed by atoms with E-state index in [0.29, 0.717) is 23.5 Å². The minimum Gasteiger partial charge on any atom is -0.494 e. The topological polar surface area (TPSA) is 47.7 Å². The zero-order valence-electron chi connectivity index (χ0n) is 14.2. The third-order valence-corrected chi connectivity index (χ3v) is 5.02. The molecule has 3 atom stereocenters. The van der Waals surface area contributed by atoms with Crippen molar-refractivity contribution >= 4 is 5.69 Å². The molecule has 0 saturated carbocycles. The van der Waals surface area contributed by atoms with Gasteiger partial charge in [0.05, 0.1) is 13.7 Å². The van der Waals surface area contributed by atoms with E-state index in [2.05, 4.69) is 15.1 Å². The number of ether oxygens (including phenoxy) is 2. The summed E-state index contributed by atoms with van der Waals surface area (Å²) < 4.78 is 11.7. The second kappa shape index (κ2) is 6.73. The molecule has 2 fully saturated rings. The first kappa shape index (κ1) is 15.9. The number of nitrogens with one attached hydrogen (secondary N) is 1. The SMILES string of the molecule is [C-]#[N+]c1cc(OC2C[C@H]3CC[C@@H](C2)N3)cc(-c2ncccc2OC)c1. The van der Waals surface area contributed by atoms with E-state index < -0.39 is 0 Å². The molecule has 2 aliphatic heterocycles. The molecule has 5 nitrogen and oxygen atoms in total. The van der Waals surface area contributed by atoms with Crippen LogP contribution in [-0.4, -0.2) is 30.3 Å². The Balaban J connectivity index is 1.63. The lowest BCUT2D eigenvalue weighted by Crippen LogP contribution is -2.42. The lowest BCUT2D eigenvalue weighted by molar-refractivity contribution is 0.137. The second-order valence-electron chi connectivity index (χ2n) is 6.73. The number of nitrogens with zero attached hydrogens (tertiary/aromatic N) is 2. The van der Waals surface area contributed by atoms with Crippen LogP contribution in [-0.2, 0) is 0 Å². The third-order valence-electron chi connectivity index (χ3n) is 5.02. The number of pyridine rings is 1. The van der Waals surface area contributed by atoms with Gasteiger partial charge in [-0.25, -0.2) is 4.85 Å². The number of rotatable bonds is 4. The summed E-state index contributed by atoms with van der Waals surface area (Å²) >= 11 is 0. The van der Waals surface area contributed by atoms with Crippen LogP contribution in [0.2, 0.25) is 0 Å². The molecule has 0 spiro atoms. The first-order valence-electron chi connectivity index (χ1n) is 8.70. The van der Waals surface area contributed by atoms with Gasteiger partial charge >= 0.3 is 0 Å². The quantitative estimate of drug-likeness (QED) is 0.859. The number of piperidine rings is 1. The summed E-state index contributed by atoms with van der Waals surface area (Å²) in [7, 11) is 1.63. The van der Waals surface area contributed by atoms with Gasteiger partial charge in [0.25, 0.3) is 0 Å². The van der Waals surface area contributed by atoms with Crippen LogP contribution in [0.3, 0.4) is 0 Å². The van der Waals surface area contributed by atoms with Crippen LogP contribution in [0.1, 0.15) is 25.7 Å². The van der Waals surface area contributed by atoms with Crippen molar-refractivity contribution < 1.29 is 9.47 Å². The Morgan fingerprint density at radius 2 is 2.00 bits per heavy atom. The van der Waals surface area contributed by atoms with Gasteiger partial charge < -0.3 is 14.8 Å². The summed E-state index contributed by atoms with van der Waals surface area (Å²) in [6.07, 6.45) is 6.47. The standard InChI is InChI=1S/C20H21N3O2/c1-21-16-8-13(20-19(24-2)4-3-7-22-20)9-17(12-16)25-18-10-14-5-6-15(11-18)23-14/h3-4,7-9,12,14-15,18,23H,5-6,10-11H2,2H3/t14-,15+,18?. The van der Waals surface area contributed by atoms with E-state index in [4.69, 9.17) is 16.0 Å². The van der Waals surface area contributed by atoms with Gasteiger partial charge in [0.1, 0.15) is 23.3 Å². The van der Waals surface area contributed by atoms with Crippen molar-refractivity contribution in [3.05, 3.63) is 47.9 Å². The van der Waals surface area contributed by atoms with Crippen LogP contribution in [0.25, 0.3) is 16.1 Å². The summed E-state index contributed by atoms with van der Waals surface area (Å²) in [6.45, 7) is 7.40. The molecule has 2 aliphatic rings. The highest BCUT2D eigenvalue weighted by molar-refractivity contribution is 5.72. The molecule has 3 heterocycles. The van der Waals surface area contributed by atoms with E-state index in [1.54, 1.807) is 13.3 Å². The van der Waals surface area contributed by atoms with Crippen molar-refractivity contribution in [3.8, 4) is 22.8 Å². The van der Waals surface area contributed by atoms with Gasteiger partial charge in [0, 0.05) is 18.3 Å². The molecule has 0 aliphatic carbocycles. The van der Waals surface area contributed by atoms with E-state index in [9.17, 15) is 0 Å². The van der Waals surface area contributed by atoms with Crippen LogP contribution < -0.4 is 14.8 Å². The summed E-state index contributed by atoms with van der Waals surface area (Å²) in [6, 6.07) is 10.5. The lowest BCUT2D eigenvalue weighted by atomic mass is 10.0.